The van der Waals surface area contributed by atoms with Crippen LogP contribution in [-0.2, 0) is 0 Å². The first-order valence-corrected chi connectivity index (χ1v) is 5.96. The van der Waals surface area contributed by atoms with E-state index in [-0.39, 0.29) is 11.9 Å². The van der Waals surface area contributed by atoms with Crippen molar-refractivity contribution in [2.24, 2.45) is 0 Å². The van der Waals surface area contributed by atoms with Crippen LogP contribution in [0.1, 0.15) is 10.4 Å². The molecule has 3 aromatic rings. The standard InChI is InChI=1S/C11H8ClN7O/c12-7-3-1-6(2-4-7)9-8(5-13-15-9)10(20)14-11-16-18-19-17-11/h1-5H,(H,13,15)(H2,14,16,17,18,19,20). The molecule has 0 bridgehead atoms. The number of aromatic nitrogens is 6. The summed E-state index contributed by atoms with van der Waals surface area (Å²) < 4.78 is 0. The molecule has 2 heterocycles. The molecule has 100 valence electrons. The summed E-state index contributed by atoms with van der Waals surface area (Å²) in [5.41, 5.74) is 1.75. The van der Waals surface area contributed by atoms with Crippen LogP contribution in [0.25, 0.3) is 11.3 Å². The van der Waals surface area contributed by atoms with E-state index in [0.717, 1.165) is 5.56 Å². The van der Waals surface area contributed by atoms with Crippen LogP contribution in [0.2, 0.25) is 5.02 Å². The Bertz CT molecular complexity index is 720. The van der Waals surface area contributed by atoms with Crippen molar-refractivity contribution < 1.29 is 4.79 Å². The van der Waals surface area contributed by atoms with Gasteiger partial charge in [-0.3, -0.25) is 15.2 Å². The fourth-order valence-corrected chi connectivity index (χ4v) is 1.80. The van der Waals surface area contributed by atoms with Gasteiger partial charge in [0.1, 0.15) is 0 Å². The van der Waals surface area contributed by atoms with Gasteiger partial charge in [0.2, 0.25) is 0 Å². The van der Waals surface area contributed by atoms with Gasteiger partial charge >= 0.3 is 0 Å². The maximum atomic E-state index is 12.1. The average molecular weight is 290 g/mol. The van der Waals surface area contributed by atoms with Gasteiger partial charge in [-0.05, 0) is 17.3 Å². The lowest BCUT2D eigenvalue weighted by Crippen LogP contribution is -2.13. The molecule has 0 saturated heterocycles. The predicted octanol–water partition coefficient (Wildman–Crippen LogP) is 1.50. The van der Waals surface area contributed by atoms with Crippen molar-refractivity contribution >= 4 is 23.5 Å². The van der Waals surface area contributed by atoms with Crippen LogP contribution in [0.5, 0.6) is 0 Å². The van der Waals surface area contributed by atoms with Crippen LogP contribution >= 0.6 is 11.6 Å². The molecule has 20 heavy (non-hydrogen) atoms. The summed E-state index contributed by atoms with van der Waals surface area (Å²) in [7, 11) is 0. The second kappa shape index (κ2) is 5.10. The molecule has 1 aromatic carbocycles. The number of amides is 1. The Morgan fingerprint density at radius 2 is 2.05 bits per heavy atom. The first-order valence-electron chi connectivity index (χ1n) is 5.58. The summed E-state index contributed by atoms with van der Waals surface area (Å²) in [5, 5.41) is 22.7. The van der Waals surface area contributed by atoms with Gasteiger partial charge in [0, 0.05) is 10.6 Å². The minimum Gasteiger partial charge on any atom is -0.288 e. The summed E-state index contributed by atoms with van der Waals surface area (Å²) in [5.74, 6) is -0.289. The smallest absolute Gasteiger partial charge is 0.270 e. The highest BCUT2D eigenvalue weighted by atomic mass is 35.5. The van der Waals surface area contributed by atoms with E-state index in [1.165, 1.54) is 6.20 Å². The zero-order chi connectivity index (χ0) is 13.9. The third-order valence-corrected chi connectivity index (χ3v) is 2.84. The summed E-state index contributed by atoms with van der Waals surface area (Å²) in [6.07, 6.45) is 1.43. The SMILES string of the molecule is O=C(Nc1nn[nH]n1)c1cn[nH]c1-c1ccc(Cl)cc1. The van der Waals surface area contributed by atoms with Crippen molar-refractivity contribution in [3.8, 4) is 11.3 Å². The van der Waals surface area contributed by atoms with Crippen molar-refractivity contribution in [1.29, 1.82) is 0 Å². The highest BCUT2D eigenvalue weighted by molar-refractivity contribution is 6.30. The van der Waals surface area contributed by atoms with E-state index >= 15 is 0 Å². The molecule has 0 aliphatic rings. The molecular weight excluding hydrogens is 282 g/mol. The highest BCUT2D eigenvalue weighted by Gasteiger charge is 2.16. The Kier molecular flexibility index (Phi) is 3.13. The number of carbonyl (C=O) groups is 1. The van der Waals surface area contributed by atoms with Crippen molar-refractivity contribution in [3.63, 3.8) is 0 Å². The molecule has 0 aliphatic carbocycles. The molecule has 0 saturated carbocycles. The van der Waals surface area contributed by atoms with Gasteiger partial charge in [0.25, 0.3) is 11.9 Å². The van der Waals surface area contributed by atoms with Gasteiger partial charge in [-0.1, -0.05) is 28.8 Å². The molecule has 3 N–H and O–H groups in total. The van der Waals surface area contributed by atoms with Crippen LogP contribution in [-0.4, -0.2) is 36.7 Å². The van der Waals surface area contributed by atoms with Crippen molar-refractivity contribution in [3.05, 3.63) is 41.0 Å². The molecule has 0 radical (unpaired) electrons. The van der Waals surface area contributed by atoms with Crippen LogP contribution in [0.3, 0.4) is 0 Å². The molecule has 0 spiro atoms. The Morgan fingerprint density at radius 1 is 1.25 bits per heavy atom. The zero-order valence-electron chi connectivity index (χ0n) is 9.96. The minimum atomic E-state index is -0.384. The van der Waals surface area contributed by atoms with Crippen LogP contribution in [0.4, 0.5) is 5.95 Å². The quantitative estimate of drug-likeness (QED) is 0.676. The molecule has 0 fully saturated rings. The Morgan fingerprint density at radius 3 is 2.75 bits per heavy atom. The van der Waals surface area contributed by atoms with Crippen molar-refractivity contribution in [2.45, 2.75) is 0 Å². The lowest BCUT2D eigenvalue weighted by molar-refractivity contribution is 0.102. The van der Waals surface area contributed by atoms with E-state index < -0.39 is 0 Å². The number of hydrogen-bond donors (Lipinski definition) is 3. The average Bonchev–Trinajstić information content (AvgIpc) is 3.10. The largest absolute Gasteiger partial charge is 0.288 e. The molecule has 0 aliphatic heterocycles. The van der Waals surface area contributed by atoms with E-state index in [0.29, 0.717) is 16.3 Å². The molecular formula is C11H8ClN7O. The maximum absolute atomic E-state index is 12.1. The topological polar surface area (TPSA) is 112 Å². The molecule has 2 aromatic heterocycles. The van der Waals surface area contributed by atoms with Gasteiger partial charge in [0.15, 0.2) is 0 Å². The van der Waals surface area contributed by atoms with Gasteiger partial charge in [-0.15, -0.1) is 5.10 Å². The monoisotopic (exact) mass is 289 g/mol. The lowest BCUT2D eigenvalue weighted by Gasteiger charge is -2.03. The third kappa shape index (κ3) is 2.36. The summed E-state index contributed by atoms with van der Waals surface area (Å²) in [6, 6.07) is 7.05. The van der Waals surface area contributed by atoms with Gasteiger partial charge in [0.05, 0.1) is 17.5 Å². The predicted molar refractivity (Wildman–Crippen MR) is 71.2 cm³/mol. The van der Waals surface area contributed by atoms with E-state index in [1.54, 1.807) is 24.3 Å². The number of aromatic amines is 2. The van der Waals surface area contributed by atoms with Crippen molar-refractivity contribution in [1.82, 2.24) is 30.8 Å². The number of tetrazole rings is 1. The Hall–Kier alpha value is -2.74. The van der Waals surface area contributed by atoms with Gasteiger partial charge < -0.3 is 0 Å². The van der Waals surface area contributed by atoms with Crippen LogP contribution in [0, 0.1) is 0 Å². The second-order valence-electron chi connectivity index (χ2n) is 3.86. The molecule has 0 unspecified atom stereocenters. The summed E-state index contributed by atoms with van der Waals surface area (Å²) in [6.45, 7) is 0. The number of rotatable bonds is 3. The number of nitrogens with zero attached hydrogens (tertiary/aromatic N) is 4. The Labute approximate surface area is 117 Å². The number of benzene rings is 1. The molecule has 8 nitrogen and oxygen atoms in total. The first kappa shape index (κ1) is 12.3. The van der Waals surface area contributed by atoms with Crippen LogP contribution < -0.4 is 5.32 Å². The lowest BCUT2D eigenvalue weighted by atomic mass is 10.1. The van der Waals surface area contributed by atoms with E-state index in [2.05, 4.69) is 36.1 Å². The Balaban J connectivity index is 1.90. The van der Waals surface area contributed by atoms with Crippen LogP contribution in [0.15, 0.2) is 30.5 Å². The molecule has 9 heteroatoms. The molecule has 1 amide bonds. The number of halogens is 1. The summed E-state index contributed by atoms with van der Waals surface area (Å²) >= 11 is 5.84. The fourth-order valence-electron chi connectivity index (χ4n) is 1.68. The minimum absolute atomic E-state index is 0.0956. The fraction of sp³-hybridized carbons (Fsp3) is 0. The number of H-pyrrole nitrogens is 2. The number of carbonyl (C=O) groups excluding carboxylic acids is 1. The number of anilines is 1. The van der Waals surface area contributed by atoms with E-state index in [1.807, 2.05) is 0 Å². The maximum Gasteiger partial charge on any atom is 0.270 e. The highest BCUT2D eigenvalue weighted by Crippen LogP contribution is 2.23. The number of nitrogens with one attached hydrogen (secondary N) is 3. The second-order valence-corrected chi connectivity index (χ2v) is 4.29. The van der Waals surface area contributed by atoms with E-state index in [9.17, 15) is 4.79 Å². The number of hydrogen-bond acceptors (Lipinski definition) is 5. The normalized spacial score (nSPS) is 10.4. The third-order valence-electron chi connectivity index (χ3n) is 2.59. The first-order chi connectivity index (χ1) is 9.74. The van der Waals surface area contributed by atoms with Gasteiger partial charge in [-0.2, -0.15) is 10.3 Å². The van der Waals surface area contributed by atoms with E-state index in [4.69, 9.17) is 11.6 Å². The molecule has 0 atom stereocenters. The zero-order valence-corrected chi connectivity index (χ0v) is 10.7. The van der Waals surface area contributed by atoms with Gasteiger partial charge in [-0.25, -0.2) is 0 Å². The van der Waals surface area contributed by atoms with Crippen molar-refractivity contribution in [2.75, 3.05) is 5.32 Å². The molecule has 3 rings (SSSR count). The summed E-state index contributed by atoms with van der Waals surface area (Å²) in [4.78, 5) is 12.1.